The zero-order chi connectivity index (χ0) is 9.84. The highest BCUT2D eigenvalue weighted by Gasteiger charge is 2.31. The van der Waals surface area contributed by atoms with E-state index >= 15 is 0 Å². The van der Waals surface area contributed by atoms with Crippen LogP contribution in [-0.2, 0) is 4.74 Å². The Labute approximate surface area is 78.1 Å². The molecular weight excluding hydrogens is 172 g/mol. The minimum atomic E-state index is -0.818. The predicted octanol–water partition coefficient (Wildman–Crippen LogP) is -0.484. The fourth-order valence-corrected chi connectivity index (χ4v) is 1.66. The lowest BCUT2D eigenvalue weighted by Crippen LogP contribution is -2.43. The fraction of sp³-hybridized carbons (Fsp3) is 1.00. The van der Waals surface area contributed by atoms with Gasteiger partial charge in [-0.2, -0.15) is 0 Å². The molecule has 0 aliphatic carbocycles. The van der Waals surface area contributed by atoms with E-state index in [4.69, 9.17) is 14.9 Å². The number of ether oxygens (including phenoxy) is 1. The van der Waals surface area contributed by atoms with E-state index in [9.17, 15) is 5.11 Å². The number of hydrogen-bond acceptors (Lipinski definition) is 4. The maximum atomic E-state index is 9.33. The molecule has 78 valence electrons. The van der Waals surface area contributed by atoms with Gasteiger partial charge >= 0.3 is 0 Å². The molecule has 0 saturated carbocycles. The van der Waals surface area contributed by atoms with Gasteiger partial charge in [0.05, 0.1) is 25.4 Å². The lowest BCUT2D eigenvalue weighted by atomic mass is 9.92. The summed E-state index contributed by atoms with van der Waals surface area (Å²) in [4.78, 5) is 0. The summed E-state index contributed by atoms with van der Waals surface area (Å²) in [5.41, 5.74) is 0. The van der Waals surface area contributed by atoms with Gasteiger partial charge in [0, 0.05) is 0 Å². The van der Waals surface area contributed by atoms with Gasteiger partial charge in [0.1, 0.15) is 6.10 Å². The lowest BCUT2D eigenvalue weighted by molar-refractivity contribution is -0.146. The van der Waals surface area contributed by atoms with E-state index in [-0.39, 0.29) is 25.4 Å². The summed E-state index contributed by atoms with van der Waals surface area (Å²) in [7, 11) is 0. The third kappa shape index (κ3) is 2.64. The van der Waals surface area contributed by atoms with Crippen LogP contribution in [0.15, 0.2) is 0 Å². The fourth-order valence-electron chi connectivity index (χ4n) is 1.66. The van der Waals surface area contributed by atoms with Crippen LogP contribution in [0.25, 0.3) is 0 Å². The van der Waals surface area contributed by atoms with Crippen LogP contribution >= 0.6 is 0 Å². The molecular formula is C9H18O4. The van der Waals surface area contributed by atoms with Gasteiger partial charge in [0.15, 0.2) is 0 Å². The molecule has 1 saturated heterocycles. The summed E-state index contributed by atoms with van der Waals surface area (Å²) in [6, 6.07) is 0. The van der Waals surface area contributed by atoms with Gasteiger partial charge < -0.3 is 20.1 Å². The monoisotopic (exact) mass is 190 g/mol. The van der Waals surface area contributed by atoms with E-state index < -0.39 is 6.10 Å². The Bertz CT molecular complexity index is 151. The average molecular weight is 190 g/mol. The van der Waals surface area contributed by atoms with E-state index in [1.807, 2.05) is 6.92 Å². The molecule has 1 aliphatic heterocycles. The summed E-state index contributed by atoms with van der Waals surface area (Å²) in [5.74, 6) is 0.326. The van der Waals surface area contributed by atoms with Gasteiger partial charge in [0.2, 0.25) is 0 Å². The van der Waals surface area contributed by atoms with Crippen molar-refractivity contribution in [3.63, 3.8) is 0 Å². The van der Waals surface area contributed by atoms with Crippen LogP contribution in [0, 0.1) is 5.92 Å². The Hall–Kier alpha value is -0.160. The molecule has 0 spiro atoms. The van der Waals surface area contributed by atoms with Crippen LogP contribution in [0.2, 0.25) is 0 Å². The van der Waals surface area contributed by atoms with Gasteiger partial charge in [-0.05, 0) is 18.8 Å². The quantitative estimate of drug-likeness (QED) is 0.562. The van der Waals surface area contributed by atoms with Crippen molar-refractivity contribution in [1.29, 1.82) is 0 Å². The number of hydrogen-bond donors (Lipinski definition) is 3. The van der Waals surface area contributed by atoms with Crippen LogP contribution in [0.1, 0.15) is 19.8 Å². The van der Waals surface area contributed by atoms with Gasteiger partial charge in [-0.1, -0.05) is 6.92 Å². The third-order valence-corrected chi connectivity index (χ3v) is 2.69. The van der Waals surface area contributed by atoms with Gasteiger partial charge in [0.25, 0.3) is 0 Å². The second-order valence-corrected chi connectivity index (χ2v) is 3.70. The van der Waals surface area contributed by atoms with E-state index in [1.165, 1.54) is 0 Å². The van der Waals surface area contributed by atoms with Crippen LogP contribution in [0.5, 0.6) is 0 Å². The molecule has 0 bridgehead atoms. The molecule has 13 heavy (non-hydrogen) atoms. The Morgan fingerprint density at radius 1 is 1.38 bits per heavy atom. The number of aliphatic hydroxyl groups is 3. The molecule has 0 aromatic heterocycles. The molecule has 1 unspecified atom stereocenters. The summed E-state index contributed by atoms with van der Waals surface area (Å²) in [5, 5.41) is 27.0. The first-order valence-electron chi connectivity index (χ1n) is 4.74. The second-order valence-electron chi connectivity index (χ2n) is 3.70. The standard InChI is InChI=1S/C9H18O4/c1-6-2-3-8(7(12)4-10)13-9(6)5-11/h6-12H,2-5H2,1H3/t6-,7?,8-,9-/m1/s1. The predicted molar refractivity (Wildman–Crippen MR) is 47.2 cm³/mol. The Morgan fingerprint density at radius 2 is 2.08 bits per heavy atom. The van der Waals surface area contributed by atoms with Crippen molar-refractivity contribution in [3.05, 3.63) is 0 Å². The Morgan fingerprint density at radius 3 is 2.62 bits per heavy atom. The summed E-state index contributed by atoms with van der Waals surface area (Å²) in [6.07, 6.45) is 0.339. The van der Waals surface area contributed by atoms with E-state index in [1.54, 1.807) is 0 Å². The molecule has 4 nitrogen and oxygen atoms in total. The molecule has 3 N–H and O–H groups in total. The molecule has 1 fully saturated rings. The molecule has 0 aromatic rings. The normalized spacial score (nSPS) is 37.4. The first kappa shape index (κ1) is 10.9. The molecule has 4 heteroatoms. The molecule has 0 amide bonds. The van der Waals surface area contributed by atoms with Gasteiger partial charge in [-0.15, -0.1) is 0 Å². The van der Waals surface area contributed by atoms with Crippen LogP contribution in [0.4, 0.5) is 0 Å². The Kier molecular flexibility index (Phi) is 4.12. The maximum Gasteiger partial charge on any atom is 0.103 e. The van der Waals surface area contributed by atoms with Crippen molar-refractivity contribution in [2.75, 3.05) is 13.2 Å². The van der Waals surface area contributed by atoms with Crippen molar-refractivity contribution < 1.29 is 20.1 Å². The second kappa shape index (κ2) is 4.91. The van der Waals surface area contributed by atoms with E-state index in [0.717, 1.165) is 12.8 Å². The Balaban J connectivity index is 2.44. The van der Waals surface area contributed by atoms with Crippen molar-refractivity contribution in [2.24, 2.45) is 5.92 Å². The van der Waals surface area contributed by atoms with Crippen molar-refractivity contribution >= 4 is 0 Å². The molecule has 1 rings (SSSR count). The lowest BCUT2D eigenvalue weighted by Gasteiger charge is -2.35. The first-order chi connectivity index (χ1) is 6.19. The largest absolute Gasteiger partial charge is 0.394 e. The van der Waals surface area contributed by atoms with Gasteiger partial charge in [-0.25, -0.2) is 0 Å². The van der Waals surface area contributed by atoms with Crippen molar-refractivity contribution in [2.45, 2.75) is 38.1 Å². The minimum absolute atomic E-state index is 0.0180. The zero-order valence-corrected chi connectivity index (χ0v) is 7.89. The van der Waals surface area contributed by atoms with Crippen molar-refractivity contribution in [3.8, 4) is 0 Å². The van der Waals surface area contributed by atoms with E-state index in [2.05, 4.69) is 0 Å². The summed E-state index contributed by atoms with van der Waals surface area (Å²) >= 11 is 0. The minimum Gasteiger partial charge on any atom is -0.394 e. The van der Waals surface area contributed by atoms with Gasteiger partial charge in [-0.3, -0.25) is 0 Å². The summed E-state index contributed by atoms with van der Waals surface area (Å²) < 4.78 is 5.44. The number of rotatable bonds is 3. The SMILES string of the molecule is C[C@@H]1CC[C@H](C(O)CO)O[C@@H]1CO. The smallest absolute Gasteiger partial charge is 0.103 e. The topological polar surface area (TPSA) is 69.9 Å². The average Bonchev–Trinajstić information content (AvgIpc) is 2.17. The van der Waals surface area contributed by atoms with Crippen LogP contribution in [-0.4, -0.2) is 46.8 Å². The highest BCUT2D eigenvalue weighted by Crippen LogP contribution is 2.25. The van der Waals surface area contributed by atoms with Crippen molar-refractivity contribution in [1.82, 2.24) is 0 Å². The molecule has 1 heterocycles. The highest BCUT2D eigenvalue weighted by atomic mass is 16.5. The van der Waals surface area contributed by atoms with E-state index in [0.29, 0.717) is 5.92 Å². The highest BCUT2D eigenvalue weighted by molar-refractivity contribution is 4.79. The summed E-state index contributed by atoms with van der Waals surface area (Å²) in [6.45, 7) is 1.72. The molecule has 4 atom stereocenters. The maximum absolute atomic E-state index is 9.33. The molecule has 0 aromatic carbocycles. The number of aliphatic hydroxyl groups excluding tert-OH is 3. The van der Waals surface area contributed by atoms with Crippen LogP contribution in [0.3, 0.4) is 0 Å². The third-order valence-electron chi connectivity index (χ3n) is 2.69. The van der Waals surface area contributed by atoms with Crippen LogP contribution < -0.4 is 0 Å². The first-order valence-corrected chi connectivity index (χ1v) is 4.74. The molecule has 0 radical (unpaired) electrons. The zero-order valence-electron chi connectivity index (χ0n) is 7.89. The molecule has 1 aliphatic rings.